The maximum Gasteiger partial charge on any atom is 0.322 e. The second kappa shape index (κ2) is 5.20. The Bertz CT molecular complexity index is 940. The van der Waals surface area contributed by atoms with Crippen LogP contribution in [0.25, 0.3) is 11.0 Å². The molecule has 0 saturated carbocycles. The van der Waals surface area contributed by atoms with E-state index in [1.54, 1.807) is 11.6 Å². The average Bonchev–Trinajstić information content (AvgIpc) is 2.96. The summed E-state index contributed by atoms with van der Waals surface area (Å²) in [5.74, 6) is -0.317. The predicted octanol–water partition coefficient (Wildman–Crippen LogP) is 1.78. The van der Waals surface area contributed by atoms with Crippen LogP contribution in [0.15, 0.2) is 24.3 Å². The zero-order valence-electron chi connectivity index (χ0n) is 12.8. The summed E-state index contributed by atoms with van der Waals surface area (Å²) in [6.45, 7) is 1.49. The number of carbonyl (C=O) groups excluding carboxylic acids is 1. The van der Waals surface area contributed by atoms with Gasteiger partial charge >= 0.3 is 5.69 Å². The van der Waals surface area contributed by atoms with E-state index in [0.29, 0.717) is 5.95 Å². The number of fused-ring (bicyclic) bond motifs is 1. The normalized spacial score (nSPS) is 10.9. The Balaban J connectivity index is 2.02. The highest BCUT2D eigenvalue weighted by molar-refractivity contribution is 6.05. The van der Waals surface area contributed by atoms with Crippen LogP contribution in [0, 0.1) is 17.0 Å². The molecule has 2 aromatic heterocycles. The molecule has 0 radical (unpaired) electrons. The fourth-order valence-corrected chi connectivity index (χ4v) is 2.54. The zero-order chi connectivity index (χ0) is 16.7. The number of aryl methyl sites for hydroxylation is 3. The van der Waals surface area contributed by atoms with Crippen molar-refractivity contribution in [2.75, 3.05) is 5.32 Å². The van der Waals surface area contributed by atoms with Crippen molar-refractivity contribution in [3.05, 3.63) is 45.8 Å². The van der Waals surface area contributed by atoms with Crippen LogP contribution in [0.2, 0.25) is 0 Å². The quantitative estimate of drug-likeness (QED) is 0.585. The molecule has 9 nitrogen and oxygen atoms in total. The Morgan fingerprint density at radius 3 is 2.65 bits per heavy atom. The molecule has 3 aromatic rings. The molecule has 1 N–H and O–H groups in total. The Hall–Kier alpha value is -3.23. The smallest absolute Gasteiger partial charge is 0.313 e. The van der Waals surface area contributed by atoms with Gasteiger partial charge in [-0.15, -0.1) is 0 Å². The first-order chi connectivity index (χ1) is 10.9. The van der Waals surface area contributed by atoms with Crippen LogP contribution in [0.3, 0.4) is 0 Å². The lowest BCUT2D eigenvalue weighted by atomic mass is 10.3. The van der Waals surface area contributed by atoms with Crippen molar-refractivity contribution in [1.29, 1.82) is 0 Å². The highest BCUT2D eigenvalue weighted by Gasteiger charge is 2.29. The van der Waals surface area contributed by atoms with E-state index in [4.69, 9.17) is 0 Å². The molecule has 2 heterocycles. The monoisotopic (exact) mass is 314 g/mol. The van der Waals surface area contributed by atoms with Gasteiger partial charge in [-0.3, -0.25) is 24.9 Å². The number of hydrogen-bond donors (Lipinski definition) is 1. The number of nitrogens with zero attached hydrogens (tertiary/aromatic N) is 5. The van der Waals surface area contributed by atoms with Gasteiger partial charge in [0.15, 0.2) is 0 Å². The third-order valence-electron chi connectivity index (χ3n) is 3.60. The van der Waals surface area contributed by atoms with Gasteiger partial charge in [0.25, 0.3) is 5.91 Å². The maximum atomic E-state index is 12.5. The van der Waals surface area contributed by atoms with Gasteiger partial charge < -0.3 is 4.57 Å². The van der Waals surface area contributed by atoms with Gasteiger partial charge in [0, 0.05) is 14.1 Å². The molecule has 0 atom stereocenters. The first-order valence-electron chi connectivity index (χ1n) is 6.81. The Morgan fingerprint density at radius 2 is 2.00 bits per heavy atom. The van der Waals surface area contributed by atoms with Crippen molar-refractivity contribution in [2.24, 2.45) is 14.1 Å². The molecule has 118 valence electrons. The van der Waals surface area contributed by atoms with Crippen molar-refractivity contribution in [1.82, 2.24) is 19.3 Å². The van der Waals surface area contributed by atoms with Crippen LogP contribution in [0.4, 0.5) is 11.6 Å². The van der Waals surface area contributed by atoms with Crippen LogP contribution >= 0.6 is 0 Å². The summed E-state index contributed by atoms with van der Waals surface area (Å²) < 4.78 is 2.91. The van der Waals surface area contributed by atoms with Crippen LogP contribution in [0.1, 0.15) is 16.2 Å². The summed E-state index contributed by atoms with van der Waals surface area (Å²) in [6.07, 6.45) is 0. The van der Waals surface area contributed by atoms with Gasteiger partial charge in [-0.05, 0) is 19.1 Å². The molecule has 1 aromatic carbocycles. The lowest BCUT2D eigenvalue weighted by molar-refractivity contribution is -0.385. The highest BCUT2D eigenvalue weighted by atomic mass is 16.6. The number of hydrogen-bond acceptors (Lipinski definition) is 5. The number of amides is 1. The topological polar surface area (TPSA) is 108 Å². The number of nitro groups is 1. The van der Waals surface area contributed by atoms with E-state index in [1.165, 1.54) is 18.7 Å². The third-order valence-corrected chi connectivity index (χ3v) is 3.60. The first-order valence-corrected chi connectivity index (χ1v) is 6.81. The van der Waals surface area contributed by atoms with Crippen molar-refractivity contribution in [3.63, 3.8) is 0 Å². The molecule has 23 heavy (non-hydrogen) atoms. The van der Waals surface area contributed by atoms with E-state index in [2.05, 4.69) is 15.4 Å². The number of rotatable bonds is 3. The Kier molecular flexibility index (Phi) is 3.32. The van der Waals surface area contributed by atoms with Crippen molar-refractivity contribution >= 4 is 28.6 Å². The van der Waals surface area contributed by atoms with Gasteiger partial charge in [-0.2, -0.15) is 5.10 Å². The van der Waals surface area contributed by atoms with E-state index >= 15 is 0 Å². The molecular weight excluding hydrogens is 300 g/mol. The summed E-state index contributed by atoms with van der Waals surface area (Å²) in [5.41, 5.74) is 1.34. The van der Waals surface area contributed by atoms with Crippen molar-refractivity contribution in [2.45, 2.75) is 6.92 Å². The summed E-state index contributed by atoms with van der Waals surface area (Å²) in [7, 11) is 3.25. The maximum absolute atomic E-state index is 12.5. The number of benzene rings is 1. The largest absolute Gasteiger partial charge is 0.322 e. The molecular formula is C14H14N6O3. The number of aromatic nitrogens is 4. The average molecular weight is 314 g/mol. The van der Waals surface area contributed by atoms with Gasteiger partial charge in [0.2, 0.25) is 11.6 Å². The summed E-state index contributed by atoms with van der Waals surface area (Å²) in [4.78, 5) is 27.4. The lowest BCUT2D eigenvalue weighted by Crippen LogP contribution is -2.19. The number of anilines is 1. The van der Waals surface area contributed by atoms with Gasteiger partial charge in [-0.25, -0.2) is 4.98 Å². The third kappa shape index (κ3) is 2.31. The van der Waals surface area contributed by atoms with Crippen LogP contribution < -0.4 is 5.32 Å². The molecule has 0 aliphatic carbocycles. The number of carbonyl (C=O) groups is 1. The minimum absolute atomic E-state index is 0.112. The summed E-state index contributed by atoms with van der Waals surface area (Å²) >= 11 is 0. The fraction of sp³-hybridized carbons (Fsp3) is 0.214. The van der Waals surface area contributed by atoms with Crippen molar-refractivity contribution < 1.29 is 9.72 Å². The summed E-state index contributed by atoms with van der Waals surface area (Å²) in [6, 6.07) is 7.40. The predicted molar refractivity (Wildman–Crippen MR) is 83.3 cm³/mol. The fourth-order valence-electron chi connectivity index (χ4n) is 2.54. The molecule has 0 bridgehead atoms. The van der Waals surface area contributed by atoms with Gasteiger partial charge in [0.05, 0.1) is 16.0 Å². The van der Waals surface area contributed by atoms with E-state index < -0.39 is 10.8 Å². The summed E-state index contributed by atoms with van der Waals surface area (Å²) in [5, 5.41) is 17.7. The lowest BCUT2D eigenvalue weighted by Gasteiger charge is -2.05. The first kappa shape index (κ1) is 14.7. The molecule has 0 aliphatic rings. The molecule has 1 amide bonds. The van der Waals surface area contributed by atoms with Crippen LogP contribution in [-0.4, -0.2) is 30.2 Å². The Morgan fingerprint density at radius 1 is 1.30 bits per heavy atom. The molecule has 0 unspecified atom stereocenters. The highest BCUT2D eigenvalue weighted by Crippen LogP contribution is 2.24. The second-order valence-electron chi connectivity index (χ2n) is 5.10. The van der Waals surface area contributed by atoms with E-state index in [9.17, 15) is 14.9 Å². The Labute approximate surface area is 130 Å². The van der Waals surface area contributed by atoms with E-state index in [0.717, 1.165) is 11.0 Å². The van der Waals surface area contributed by atoms with Crippen LogP contribution in [-0.2, 0) is 14.1 Å². The van der Waals surface area contributed by atoms with Crippen LogP contribution in [0.5, 0.6) is 0 Å². The standard InChI is InChI=1S/C14H14N6O3/c1-8-11(20(22)23)12(19(3)17-8)13(21)16-14-15-9-6-4-5-7-10(9)18(14)2/h4-7H,1-3H3,(H,15,16,21). The molecule has 0 fully saturated rings. The van der Waals surface area contributed by atoms with Gasteiger partial charge in [-0.1, -0.05) is 12.1 Å². The zero-order valence-corrected chi connectivity index (χ0v) is 12.8. The van der Waals surface area contributed by atoms with Crippen molar-refractivity contribution in [3.8, 4) is 0 Å². The molecule has 0 spiro atoms. The van der Waals surface area contributed by atoms with E-state index in [-0.39, 0.29) is 17.1 Å². The SMILES string of the molecule is Cc1nn(C)c(C(=O)Nc2nc3ccccc3n2C)c1[N+](=O)[O-]. The van der Waals surface area contributed by atoms with E-state index in [1.807, 2.05) is 24.3 Å². The molecule has 3 rings (SSSR count). The number of para-hydroxylation sites is 2. The second-order valence-corrected chi connectivity index (χ2v) is 5.10. The number of imidazole rings is 1. The minimum atomic E-state index is -0.627. The molecule has 9 heteroatoms. The van der Waals surface area contributed by atoms with Gasteiger partial charge in [0.1, 0.15) is 5.69 Å². The molecule has 0 saturated heterocycles. The number of nitrogens with one attached hydrogen (secondary N) is 1. The minimum Gasteiger partial charge on any atom is -0.313 e. The molecule has 0 aliphatic heterocycles.